The van der Waals surface area contributed by atoms with Crippen LogP contribution >= 0.6 is 0 Å². The maximum Gasteiger partial charge on any atom is 0.355 e. The fourth-order valence-corrected chi connectivity index (χ4v) is 4.83. The van der Waals surface area contributed by atoms with Gasteiger partial charge in [-0.05, 0) is 62.2 Å². The first-order chi connectivity index (χ1) is 15.1. The molecular formula is C23H26N4O4S. The second-order valence-electron chi connectivity index (χ2n) is 8.01. The Kier molecular flexibility index (Phi) is 5.56. The second kappa shape index (κ2) is 8.07. The van der Waals surface area contributed by atoms with Crippen LogP contribution in [-0.2, 0) is 27.9 Å². The summed E-state index contributed by atoms with van der Waals surface area (Å²) in [6.45, 7) is 6.56. The van der Waals surface area contributed by atoms with Gasteiger partial charge in [-0.3, -0.25) is 0 Å². The van der Waals surface area contributed by atoms with Crippen LogP contribution in [0.5, 0.6) is 0 Å². The molecule has 1 N–H and O–H groups in total. The van der Waals surface area contributed by atoms with Crippen LogP contribution in [-0.4, -0.2) is 47.3 Å². The van der Waals surface area contributed by atoms with Crippen molar-refractivity contribution in [3.63, 3.8) is 0 Å². The predicted molar refractivity (Wildman–Crippen MR) is 123 cm³/mol. The normalized spacial score (nSPS) is 12.2. The van der Waals surface area contributed by atoms with Crippen LogP contribution in [0.15, 0.2) is 41.3 Å². The number of aromatic amines is 1. The topological polar surface area (TPSA) is 97.3 Å². The third kappa shape index (κ3) is 3.78. The molecule has 0 saturated heterocycles. The van der Waals surface area contributed by atoms with Crippen molar-refractivity contribution in [1.82, 2.24) is 18.8 Å². The maximum atomic E-state index is 12.7. The third-order valence-electron chi connectivity index (χ3n) is 5.54. The molecule has 0 spiro atoms. The van der Waals surface area contributed by atoms with E-state index in [-0.39, 0.29) is 11.5 Å². The molecule has 8 nitrogen and oxygen atoms in total. The highest BCUT2D eigenvalue weighted by molar-refractivity contribution is 7.89. The highest BCUT2D eigenvalue weighted by Gasteiger charge is 2.20. The molecule has 0 saturated carbocycles. The quantitative estimate of drug-likeness (QED) is 0.448. The highest BCUT2D eigenvalue weighted by atomic mass is 32.2. The predicted octanol–water partition coefficient (Wildman–Crippen LogP) is 3.76. The number of nitrogens with zero attached hydrogens (tertiary/aromatic N) is 3. The van der Waals surface area contributed by atoms with Crippen molar-refractivity contribution < 1.29 is 17.9 Å². The SMILES string of the molecule is CCn1c(COC(=O)c2cc3c(C)cc(C)cc3[nH]2)nc2cc(S(=O)(=O)N(C)C)ccc21. The van der Waals surface area contributed by atoms with E-state index < -0.39 is 16.0 Å². The van der Waals surface area contributed by atoms with Crippen molar-refractivity contribution in [3.8, 4) is 0 Å². The average Bonchev–Trinajstić information content (AvgIpc) is 3.32. The van der Waals surface area contributed by atoms with E-state index in [2.05, 4.69) is 16.0 Å². The Morgan fingerprint density at radius 1 is 1.16 bits per heavy atom. The Labute approximate surface area is 186 Å². The minimum atomic E-state index is -3.57. The number of carbonyl (C=O) groups excluding carboxylic acids is 1. The monoisotopic (exact) mass is 454 g/mol. The van der Waals surface area contributed by atoms with E-state index >= 15 is 0 Å². The molecule has 168 valence electrons. The van der Waals surface area contributed by atoms with Gasteiger partial charge in [0.1, 0.15) is 18.1 Å². The number of sulfonamides is 1. The number of H-pyrrole nitrogens is 1. The standard InChI is InChI=1S/C23H26N4O4S/c1-6-27-21-8-7-16(32(29,30)26(4)5)11-19(21)25-22(27)13-31-23(28)20-12-17-15(3)9-14(2)10-18(17)24-20/h7-12,24H,6,13H2,1-5H3. The van der Waals surface area contributed by atoms with Gasteiger partial charge < -0.3 is 14.3 Å². The number of hydrogen-bond donors (Lipinski definition) is 1. The van der Waals surface area contributed by atoms with Crippen molar-refractivity contribution in [2.24, 2.45) is 0 Å². The average molecular weight is 455 g/mol. The third-order valence-corrected chi connectivity index (χ3v) is 7.35. The van der Waals surface area contributed by atoms with E-state index in [1.807, 2.05) is 31.4 Å². The minimum absolute atomic E-state index is 0.0233. The van der Waals surface area contributed by atoms with E-state index in [9.17, 15) is 13.2 Å². The van der Waals surface area contributed by atoms with Crippen LogP contribution in [0.1, 0.15) is 34.4 Å². The zero-order valence-corrected chi connectivity index (χ0v) is 19.6. The number of aromatic nitrogens is 3. The lowest BCUT2D eigenvalue weighted by atomic mass is 10.1. The number of benzene rings is 2. The Morgan fingerprint density at radius 2 is 1.91 bits per heavy atom. The van der Waals surface area contributed by atoms with Crippen molar-refractivity contribution in [2.75, 3.05) is 14.1 Å². The summed E-state index contributed by atoms with van der Waals surface area (Å²) >= 11 is 0. The molecule has 0 aliphatic rings. The number of rotatable bonds is 6. The fraction of sp³-hybridized carbons (Fsp3) is 0.304. The molecule has 0 aliphatic carbocycles. The number of aryl methyl sites for hydroxylation is 3. The fourth-order valence-electron chi connectivity index (χ4n) is 3.91. The first kappa shape index (κ1) is 22.0. The molecular weight excluding hydrogens is 428 g/mol. The molecule has 0 aliphatic heterocycles. The first-order valence-corrected chi connectivity index (χ1v) is 11.7. The lowest BCUT2D eigenvalue weighted by Gasteiger charge is -2.11. The van der Waals surface area contributed by atoms with Gasteiger partial charge >= 0.3 is 5.97 Å². The van der Waals surface area contributed by atoms with Gasteiger partial charge in [-0.15, -0.1) is 0 Å². The van der Waals surface area contributed by atoms with Gasteiger partial charge in [-0.25, -0.2) is 22.5 Å². The van der Waals surface area contributed by atoms with Crippen LogP contribution in [0, 0.1) is 13.8 Å². The Balaban J connectivity index is 1.61. The van der Waals surface area contributed by atoms with Crippen LogP contribution in [0.2, 0.25) is 0 Å². The molecule has 4 rings (SSSR count). The number of imidazole rings is 1. The van der Waals surface area contributed by atoms with Crippen LogP contribution in [0.4, 0.5) is 0 Å². The molecule has 4 aromatic rings. The van der Waals surface area contributed by atoms with Gasteiger partial charge in [0.05, 0.1) is 15.9 Å². The summed E-state index contributed by atoms with van der Waals surface area (Å²) in [5.41, 5.74) is 4.80. The summed E-state index contributed by atoms with van der Waals surface area (Å²) in [6.07, 6.45) is 0. The van der Waals surface area contributed by atoms with Gasteiger partial charge in [0.25, 0.3) is 0 Å². The lowest BCUT2D eigenvalue weighted by molar-refractivity contribution is 0.0453. The van der Waals surface area contributed by atoms with Crippen LogP contribution in [0.3, 0.4) is 0 Å². The lowest BCUT2D eigenvalue weighted by Crippen LogP contribution is -2.22. The Hall–Kier alpha value is -3.17. The number of carbonyl (C=O) groups is 1. The molecule has 0 amide bonds. The van der Waals surface area contributed by atoms with Crippen molar-refractivity contribution in [1.29, 1.82) is 0 Å². The summed E-state index contributed by atoms with van der Waals surface area (Å²) < 4.78 is 33.5. The van der Waals surface area contributed by atoms with E-state index in [1.165, 1.54) is 14.1 Å². The van der Waals surface area contributed by atoms with Gasteiger partial charge in [-0.2, -0.15) is 0 Å². The summed E-state index contributed by atoms with van der Waals surface area (Å²) in [5.74, 6) is 0.0854. The van der Waals surface area contributed by atoms with Gasteiger partial charge in [0, 0.05) is 31.5 Å². The largest absolute Gasteiger partial charge is 0.453 e. The first-order valence-electron chi connectivity index (χ1n) is 10.3. The van der Waals surface area contributed by atoms with Crippen LogP contribution in [0.25, 0.3) is 21.9 Å². The Morgan fingerprint density at radius 3 is 2.59 bits per heavy atom. The molecule has 2 heterocycles. The molecule has 32 heavy (non-hydrogen) atoms. The van der Waals surface area contributed by atoms with Gasteiger partial charge in [0.15, 0.2) is 0 Å². The zero-order valence-electron chi connectivity index (χ0n) is 18.8. The van der Waals surface area contributed by atoms with Crippen LogP contribution < -0.4 is 0 Å². The van der Waals surface area contributed by atoms with Crippen molar-refractivity contribution in [2.45, 2.75) is 38.8 Å². The minimum Gasteiger partial charge on any atom is -0.453 e. The van der Waals surface area contributed by atoms with Gasteiger partial charge in [-0.1, -0.05) is 6.07 Å². The number of nitrogens with one attached hydrogen (secondary N) is 1. The summed E-state index contributed by atoms with van der Waals surface area (Å²) in [7, 11) is -0.589. The van der Waals surface area contributed by atoms with E-state index in [4.69, 9.17) is 4.74 Å². The molecule has 2 aromatic heterocycles. The maximum absolute atomic E-state index is 12.7. The zero-order chi connectivity index (χ0) is 23.2. The summed E-state index contributed by atoms with van der Waals surface area (Å²) in [5, 5.41) is 0.984. The molecule has 2 aromatic carbocycles. The molecule has 0 bridgehead atoms. The smallest absolute Gasteiger partial charge is 0.355 e. The molecule has 0 radical (unpaired) electrons. The second-order valence-corrected chi connectivity index (χ2v) is 10.2. The van der Waals surface area contributed by atoms with Gasteiger partial charge in [0.2, 0.25) is 10.0 Å². The summed E-state index contributed by atoms with van der Waals surface area (Å²) in [4.78, 5) is 20.5. The Bertz CT molecular complexity index is 1450. The number of ether oxygens (including phenoxy) is 1. The van der Waals surface area contributed by atoms with E-state index in [0.717, 1.165) is 31.9 Å². The van der Waals surface area contributed by atoms with Crippen molar-refractivity contribution >= 4 is 37.9 Å². The van der Waals surface area contributed by atoms with Crippen molar-refractivity contribution in [3.05, 3.63) is 59.0 Å². The number of hydrogen-bond acceptors (Lipinski definition) is 5. The molecule has 0 unspecified atom stereocenters. The van der Waals surface area contributed by atoms with E-state index in [0.29, 0.717) is 23.6 Å². The van der Waals surface area contributed by atoms with E-state index in [1.54, 1.807) is 24.3 Å². The molecule has 0 atom stereocenters. The number of fused-ring (bicyclic) bond motifs is 2. The number of esters is 1. The highest BCUT2D eigenvalue weighted by Crippen LogP contribution is 2.24. The molecule has 0 fully saturated rings. The molecule has 9 heteroatoms. The summed E-state index contributed by atoms with van der Waals surface area (Å²) in [6, 6.07) is 10.7.